The van der Waals surface area contributed by atoms with E-state index in [1.807, 2.05) is 0 Å². The number of carbonyl (C=O) groups is 1. The Kier molecular flexibility index (Phi) is 4.87. The maximum Gasteiger partial charge on any atom is 0.326 e. The minimum atomic E-state index is -1.15. The SMILES string of the molecule is NC(C(=O)O)c1csc(Nc2c(Cl)cc(Br)cc2Cl)n1. The van der Waals surface area contributed by atoms with Crippen molar-refractivity contribution in [1.82, 2.24) is 4.98 Å². The molecule has 1 atom stereocenters. The fourth-order valence-corrected chi connectivity index (χ4v) is 3.44. The Morgan fingerprint density at radius 2 is 2.05 bits per heavy atom. The minimum absolute atomic E-state index is 0.273. The van der Waals surface area contributed by atoms with Crippen molar-refractivity contribution in [3.05, 3.63) is 37.7 Å². The number of thiazole rings is 1. The van der Waals surface area contributed by atoms with Gasteiger partial charge in [-0.05, 0) is 12.1 Å². The Morgan fingerprint density at radius 1 is 1.45 bits per heavy atom. The van der Waals surface area contributed by atoms with E-state index in [4.69, 9.17) is 34.0 Å². The van der Waals surface area contributed by atoms with Gasteiger partial charge in [-0.15, -0.1) is 11.3 Å². The Morgan fingerprint density at radius 3 is 2.60 bits per heavy atom. The van der Waals surface area contributed by atoms with Crippen LogP contribution in [-0.2, 0) is 4.79 Å². The van der Waals surface area contributed by atoms with Crippen molar-refractivity contribution >= 4 is 67.3 Å². The van der Waals surface area contributed by atoms with Crippen molar-refractivity contribution in [2.75, 3.05) is 5.32 Å². The molecule has 0 saturated heterocycles. The molecular formula is C11H8BrCl2N3O2S. The second kappa shape index (κ2) is 6.28. The number of nitrogens with one attached hydrogen (secondary N) is 1. The van der Waals surface area contributed by atoms with E-state index in [0.29, 0.717) is 20.9 Å². The van der Waals surface area contributed by atoms with Gasteiger partial charge in [-0.3, -0.25) is 4.79 Å². The summed E-state index contributed by atoms with van der Waals surface area (Å²) in [5, 5.41) is 14.7. The van der Waals surface area contributed by atoms with E-state index >= 15 is 0 Å². The lowest BCUT2D eigenvalue weighted by atomic mass is 10.2. The van der Waals surface area contributed by atoms with Gasteiger partial charge < -0.3 is 16.2 Å². The molecule has 0 aliphatic heterocycles. The monoisotopic (exact) mass is 395 g/mol. The number of hydrogen-bond acceptors (Lipinski definition) is 5. The quantitative estimate of drug-likeness (QED) is 0.725. The lowest BCUT2D eigenvalue weighted by Crippen LogP contribution is -2.20. The zero-order valence-corrected chi connectivity index (χ0v) is 13.6. The molecule has 0 amide bonds. The van der Waals surface area contributed by atoms with Crippen molar-refractivity contribution in [1.29, 1.82) is 0 Å². The van der Waals surface area contributed by atoms with Crippen molar-refractivity contribution in [2.45, 2.75) is 6.04 Å². The van der Waals surface area contributed by atoms with E-state index in [1.165, 1.54) is 11.3 Å². The summed E-state index contributed by atoms with van der Waals surface area (Å²) >= 11 is 16.7. The zero-order valence-electron chi connectivity index (χ0n) is 9.73. The molecule has 4 N–H and O–H groups in total. The molecule has 0 aliphatic carbocycles. The molecule has 1 unspecified atom stereocenters. The molecule has 20 heavy (non-hydrogen) atoms. The molecule has 2 rings (SSSR count). The number of halogens is 3. The van der Waals surface area contributed by atoms with Gasteiger partial charge in [0.25, 0.3) is 0 Å². The number of rotatable bonds is 4. The van der Waals surface area contributed by atoms with Gasteiger partial charge in [-0.25, -0.2) is 4.98 Å². The normalized spacial score (nSPS) is 12.2. The highest BCUT2D eigenvalue weighted by atomic mass is 79.9. The minimum Gasteiger partial charge on any atom is -0.480 e. The third kappa shape index (κ3) is 3.42. The number of carboxylic acids is 1. The highest BCUT2D eigenvalue weighted by Gasteiger charge is 2.18. The van der Waals surface area contributed by atoms with Gasteiger partial charge in [-0.2, -0.15) is 0 Å². The molecule has 2 aromatic rings. The Hall–Kier alpha value is -0.860. The average molecular weight is 397 g/mol. The smallest absolute Gasteiger partial charge is 0.326 e. The molecule has 1 heterocycles. The van der Waals surface area contributed by atoms with Crippen LogP contribution < -0.4 is 11.1 Å². The summed E-state index contributed by atoms with van der Waals surface area (Å²) in [4.78, 5) is 14.9. The summed E-state index contributed by atoms with van der Waals surface area (Å²) in [6.45, 7) is 0. The van der Waals surface area contributed by atoms with Crippen LogP contribution in [0, 0.1) is 0 Å². The van der Waals surface area contributed by atoms with Crippen LogP contribution in [0.2, 0.25) is 10.0 Å². The number of carboxylic acid groups (broad SMARTS) is 1. The molecule has 0 fully saturated rings. The van der Waals surface area contributed by atoms with E-state index in [-0.39, 0.29) is 5.69 Å². The zero-order chi connectivity index (χ0) is 14.9. The molecule has 1 aromatic heterocycles. The summed E-state index contributed by atoms with van der Waals surface area (Å²) in [6, 6.07) is 2.22. The molecule has 0 spiro atoms. The average Bonchev–Trinajstić information content (AvgIpc) is 2.81. The second-order valence-corrected chi connectivity index (χ2v) is 6.35. The molecule has 1 aromatic carbocycles. The van der Waals surface area contributed by atoms with E-state index in [1.54, 1.807) is 17.5 Å². The van der Waals surface area contributed by atoms with E-state index in [0.717, 1.165) is 4.47 Å². The summed E-state index contributed by atoms with van der Waals surface area (Å²) < 4.78 is 0.755. The third-order valence-electron chi connectivity index (χ3n) is 2.35. The number of nitrogens with two attached hydrogens (primary N) is 1. The van der Waals surface area contributed by atoms with Crippen molar-refractivity contribution in [2.24, 2.45) is 5.73 Å². The van der Waals surface area contributed by atoms with Crippen LogP contribution in [0.1, 0.15) is 11.7 Å². The van der Waals surface area contributed by atoms with Gasteiger partial charge >= 0.3 is 5.97 Å². The van der Waals surface area contributed by atoms with Crippen LogP contribution in [-0.4, -0.2) is 16.1 Å². The standard InChI is InChI=1S/C11H8BrCl2N3O2S/c12-4-1-5(13)9(6(14)2-4)17-11-16-7(3-20-11)8(15)10(18)19/h1-3,8H,15H2,(H,16,17)(H,18,19). The number of nitrogens with zero attached hydrogens (tertiary/aromatic N) is 1. The van der Waals surface area contributed by atoms with Crippen molar-refractivity contribution in [3.8, 4) is 0 Å². The predicted octanol–water partition coefficient (Wildman–Crippen LogP) is 4.04. The fraction of sp³-hybridized carbons (Fsp3) is 0.0909. The van der Waals surface area contributed by atoms with Crippen LogP contribution in [0.5, 0.6) is 0 Å². The number of aromatic nitrogens is 1. The molecule has 0 radical (unpaired) electrons. The molecule has 5 nitrogen and oxygen atoms in total. The van der Waals surface area contributed by atoms with Crippen LogP contribution in [0.3, 0.4) is 0 Å². The first-order chi connectivity index (χ1) is 9.38. The largest absolute Gasteiger partial charge is 0.480 e. The van der Waals surface area contributed by atoms with E-state index < -0.39 is 12.0 Å². The summed E-state index contributed by atoms with van der Waals surface area (Å²) in [5.74, 6) is -1.14. The van der Waals surface area contributed by atoms with E-state index in [9.17, 15) is 4.79 Å². The highest BCUT2D eigenvalue weighted by molar-refractivity contribution is 9.10. The second-order valence-electron chi connectivity index (χ2n) is 3.76. The van der Waals surface area contributed by atoms with Gasteiger partial charge in [0.05, 0.1) is 21.4 Å². The lowest BCUT2D eigenvalue weighted by molar-refractivity contribution is -0.138. The summed E-state index contributed by atoms with van der Waals surface area (Å²) in [7, 11) is 0. The Bertz CT molecular complexity index is 642. The van der Waals surface area contributed by atoms with Crippen molar-refractivity contribution < 1.29 is 9.90 Å². The Labute approximate surface area is 136 Å². The first-order valence-electron chi connectivity index (χ1n) is 5.24. The maximum atomic E-state index is 10.8. The Balaban J connectivity index is 2.25. The maximum absolute atomic E-state index is 10.8. The van der Waals surface area contributed by atoms with Crippen LogP contribution >= 0.6 is 50.5 Å². The number of aliphatic carboxylic acids is 1. The molecule has 0 aliphatic rings. The summed E-state index contributed by atoms with van der Waals surface area (Å²) in [6.07, 6.45) is 0. The third-order valence-corrected chi connectivity index (χ3v) is 4.18. The molecule has 0 saturated carbocycles. The first kappa shape index (κ1) is 15.5. The molecular weight excluding hydrogens is 389 g/mol. The highest BCUT2D eigenvalue weighted by Crippen LogP contribution is 2.36. The number of anilines is 2. The summed E-state index contributed by atoms with van der Waals surface area (Å²) in [5.41, 5.74) is 6.26. The lowest BCUT2D eigenvalue weighted by Gasteiger charge is -2.08. The van der Waals surface area contributed by atoms with Gasteiger partial charge in [0, 0.05) is 9.85 Å². The van der Waals surface area contributed by atoms with Crippen LogP contribution in [0.15, 0.2) is 22.0 Å². The van der Waals surface area contributed by atoms with Gasteiger partial charge in [0.2, 0.25) is 0 Å². The number of hydrogen-bond donors (Lipinski definition) is 3. The van der Waals surface area contributed by atoms with Gasteiger partial charge in [-0.1, -0.05) is 39.1 Å². The predicted molar refractivity (Wildman–Crippen MR) is 84.1 cm³/mol. The van der Waals surface area contributed by atoms with E-state index in [2.05, 4.69) is 26.2 Å². The van der Waals surface area contributed by atoms with Gasteiger partial charge in [0.15, 0.2) is 5.13 Å². The van der Waals surface area contributed by atoms with Gasteiger partial charge in [0.1, 0.15) is 6.04 Å². The van der Waals surface area contributed by atoms with Crippen LogP contribution in [0.4, 0.5) is 10.8 Å². The molecule has 9 heteroatoms. The fourth-order valence-electron chi connectivity index (χ4n) is 1.38. The number of benzene rings is 1. The first-order valence-corrected chi connectivity index (χ1v) is 7.66. The molecule has 106 valence electrons. The van der Waals surface area contributed by atoms with Crippen molar-refractivity contribution in [3.63, 3.8) is 0 Å². The topological polar surface area (TPSA) is 88.2 Å². The van der Waals surface area contributed by atoms with Crippen LogP contribution in [0.25, 0.3) is 0 Å². The molecule has 0 bridgehead atoms.